The van der Waals surface area contributed by atoms with Crippen LogP contribution in [-0.4, -0.2) is 24.4 Å². The van der Waals surface area contributed by atoms with Crippen LogP contribution in [0.5, 0.6) is 0 Å². The summed E-state index contributed by atoms with van der Waals surface area (Å²) in [6, 6.07) is 9.35. The van der Waals surface area contributed by atoms with Crippen molar-refractivity contribution in [3.8, 4) is 0 Å². The van der Waals surface area contributed by atoms with Gasteiger partial charge in [-0.3, -0.25) is 14.4 Å². The van der Waals surface area contributed by atoms with Crippen molar-refractivity contribution >= 4 is 75.6 Å². The van der Waals surface area contributed by atoms with Crippen LogP contribution in [0.4, 0.5) is 11.4 Å². The molecule has 0 aliphatic rings. The smallest absolute Gasteiger partial charge is 0.306 e. The molecule has 2 aromatic rings. The van der Waals surface area contributed by atoms with E-state index in [2.05, 4.69) is 10.6 Å². The minimum absolute atomic E-state index is 0.149. The Morgan fingerprint density at radius 3 is 2.29 bits per heavy atom. The molecule has 0 saturated carbocycles. The quantitative estimate of drug-likeness (QED) is 0.552. The first-order valence-corrected chi connectivity index (χ1v) is 9.42. The van der Waals surface area contributed by atoms with Crippen LogP contribution in [0.2, 0.25) is 20.1 Å². The molecule has 2 N–H and O–H groups in total. The third-order valence-corrected chi connectivity index (χ3v) is 4.73. The van der Waals surface area contributed by atoms with E-state index >= 15 is 0 Å². The Morgan fingerprint density at radius 2 is 1.54 bits per heavy atom. The van der Waals surface area contributed by atoms with E-state index in [0.29, 0.717) is 26.4 Å². The maximum atomic E-state index is 11.9. The van der Waals surface area contributed by atoms with Gasteiger partial charge in [-0.05, 0) is 30.3 Å². The Bertz CT molecular complexity index is 883. The molecule has 28 heavy (non-hydrogen) atoms. The van der Waals surface area contributed by atoms with Gasteiger partial charge in [-0.25, -0.2) is 0 Å². The van der Waals surface area contributed by atoms with Crippen molar-refractivity contribution in [3.63, 3.8) is 0 Å². The molecule has 2 amide bonds. The van der Waals surface area contributed by atoms with Crippen molar-refractivity contribution in [1.29, 1.82) is 0 Å². The predicted octanol–water partition coefficient (Wildman–Crippen LogP) is 5.20. The zero-order valence-corrected chi connectivity index (χ0v) is 17.3. The first kappa shape index (κ1) is 22.3. The number of hydrogen-bond acceptors (Lipinski definition) is 4. The summed E-state index contributed by atoms with van der Waals surface area (Å²) >= 11 is 23.6. The number of ether oxygens (including phenoxy) is 1. The number of halogens is 4. The largest absolute Gasteiger partial charge is 0.456 e. The van der Waals surface area contributed by atoms with Crippen molar-refractivity contribution < 1.29 is 19.1 Å². The lowest BCUT2D eigenvalue weighted by Crippen LogP contribution is -2.22. The van der Waals surface area contributed by atoms with Gasteiger partial charge in [0.25, 0.3) is 5.91 Å². The Kier molecular flexibility index (Phi) is 8.38. The highest BCUT2D eigenvalue weighted by molar-refractivity contribution is 6.44. The van der Waals surface area contributed by atoms with Crippen molar-refractivity contribution in [2.45, 2.75) is 12.8 Å². The molecule has 10 heteroatoms. The fraction of sp³-hybridized carbons (Fsp3) is 0.167. The van der Waals surface area contributed by atoms with E-state index in [1.807, 2.05) is 0 Å². The SMILES string of the molecule is O=C(COC(=O)CCC(=O)Nc1cccc(Cl)c1Cl)Nc1cc(Cl)ccc1Cl. The van der Waals surface area contributed by atoms with Crippen LogP contribution in [0.1, 0.15) is 12.8 Å². The van der Waals surface area contributed by atoms with Crippen molar-refractivity contribution in [2.75, 3.05) is 17.2 Å². The van der Waals surface area contributed by atoms with E-state index in [1.165, 1.54) is 12.1 Å². The highest BCUT2D eigenvalue weighted by Gasteiger charge is 2.13. The first-order chi connectivity index (χ1) is 13.3. The Balaban J connectivity index is 1.74. The summed E-state index contributed by atoms with van der Waals surface area (Å²) in [6.07, 6.45) is -0.362. The summed E-state index contributed by atoms with van der Waals surface area (Å²) in [5.41, 5.74) is 0.637. The average Bonchev–Trinajstić information content (AvgIpc) is 2.65. The second-order valence-corrected chi connectivity index (χ2v) is 7.11. The standard InChI is InChI=1S/C18H14Cl4N2O4/c19-10-4-5-11(20)14(8-10)24-16(26)9-28-17(27)7-6-15(25)23-13-3-1-2-12(21)18(13)22/h1-5,8H,6-7,9H2,(H,23,25)(H,24,26). The molecule has 0 heterocycles. The third kappa shape index (κ3) is 6.87. The Morgan fingerprint density at radius 1 is 0.821 bits per heavy atom. The van der Waals surface area contributed by atoms with Gasteiger partial charge in [-0.15, -0.1) is 0 Å². The molecule has 0 radical (unpaired) electrons. The van der Waals surface area contributed by atoms with E-state index < -0.39 is 24.4 Å². The molecule has 0 aromatic heterocycles. The number of anilines is 2. The molecule has 0 fully saturated rings. The van der Waals surface area contributed by atoms with Gasteiger partial charge in [0, 0.05) is 11.4 Å². The van der Waals surface area contributed by atoms with Crippen LogP contribution in [0.25, 0.3) is 0 Å². The van der Waals surface area contributed by atoms with Gasteiger partial charge < -0.3 is 15.4 Å². The number of hydrogen-bond donors (Lipinski definition) is 2. The van der Waals surface area contributed by atoms with E-state index in [4.69, 9.17) is 51.1 Å². The van der Waals surface area contributed by atoms with Crippen LogP contribution in [0, 0.1) is 0 Å². The number of esters is 1. The lowest BCUT2D eigenvalue weighted by atomic mass is 10.2. The third-order valence-electron chi connectivity index (χ3n) is 3.35. The van der Waals surface area contributed by atoms with Gasteiger partial charge in [0.2, 0.25) is 5.91 Å². The zero-order chi connectivity index (χ0) is 20.7. The second kappa shape index (κ2) is 10.5. The maximum absolute atomic E-state index is 11.9. The molecule has 0 aliphatic heterocycles. The predicted molar refractivity (Wildman–Crippen MR) is 110 cm³/mol. The van der Waals surface area contributed by atoms with Gasteiger partial charge >= 0.3 is 5.97 Å². The molecule has 6 nitrogen and oxygen atoms in total. The van der Waals surface area contributed by atoms with E-state index in [1.54, 1.807) is 24.3 Å². The summed E-state index contributed by atoms with van der Waals surface area (Å²) < 4.78 is 4.84. The molecule has 0 aliphatic carbocycles. The van der Waals surface area contributed by atoms with Gasteiger partial charge in [-0.2, -0.15) is 0 Å². The average molecular weight is 464 g/mol. The lowest BCUT2D eigenvalue weighted by Gasteiger charge is -2.09. The zero-order valence-electron chi connectivity index (χ0n) is 14.2. The van der Waals surface area contributed by atoms with Crippen molar-refractivity contribution in [2.24, 2.45) is 0 Å². The number of carbonyl (C=O) groups excluding carboxylic acids is 3. The van der Waals surface area contributed by atoms with Crippen molar-refractivity contribution in [1.82, 2.24) is 0 Å². The molecule has 148 valence electrons. The van der Waals surface area contributed by atoms with Crippen LogP contribution in [-0.2, 0) is 19.1 Å². The van der Waals surface area contributed by atoms with Gasteiger partial charge in [0.15, 0.2) is 6.61 Å². The summed E-state index contributed by atoms with van der Waals surface area (Å²) in [4.78, 5) is 35.5. The molecular weight excluding hydrogens is 450 g/mol. The number of carbonyl (C=O) groups is 3. The van der Waals surface area contributed by atoms with Crippen LogP contribution in [0.3, 0.4) is 0 Å². The monoisotopic (exact) mass is 462 g/mol. The minimum atomic E-state index is -0.709. The van der Waals surface area contributed by atoms with Gasteiger partial charge in [0.05, 0.1) is 32.9 Å². The second-order valence-electron chi connectivity index (χ2n) is 5.48. The summed E-state index contributed by atoms with van der Waals surface area (Å²) in [6.45, 7) is -0.524. The number of amides is 2. The maximum Gasteiger partial charge on any atom is 0.306 e. The number of benzene rings is 2. The summed E-state index contributed by atoms with van der Waals surface area (Å²) in [5.74, 6) is -1.75. The molecule has 0 unspecified atom stereocenters. The lowest BCUT2D eigenvalue weighted by molar-refractivity contribution is -0.147. The molecule has 2 rings (SSSR count). The molecule has 0 saturated heterocycles. The molecule has 2 aromatic carbocycles. The number of rotatable bonds is 7. The van der Waals surface area contributed by atoms with Gasteiger partial charge in [0.1, 0.15) is 0 Å². The summed E-state index contributed by atoms with van der Waals surface area (Å²) in [7, 11) is 0. The Labute approximate surface area is 181 Å². The molecule has 0 spiro atoms. The fourth-order valence-electron chi connectivity index (χ4n) is 2.03. The number of nitrogens with one attached hydrogen (secondary N) is 2. The molecule has 0 bridgehead atoms. The minimum Gasteiger partial charge on any atom is -0.456 e. The van der Waals surface area contributed by atoms with Crippen molar-refractivity contribution in [3.05, 3.63) is 56.5 Å². The molecular formula is C18H14Cl4N2O4. The highest BCUT2D eigenvalue weighted by Crippen LogP contribution is 2.29. The van der Waals surface area contributed by atoms with Crippen LogP contribution < -0.4 is 10.6 Å². The van der Waals surface area contributed by atoms with E-state index in [9.17, 15) is 14.4 Å². The topological polar surface area (TPSA) is 84.5 Å². The first-order valence-electron chi connectivity index (χ1n) is 7.90. The van der Waals surface area contributed by atoms with Crippen LogP contribution in [0.15, 0.2) is 36.4 Å². The normalized spacial score (nSPS) is 10.3. The summed E-state index contributed by atoms with van der Waals surface area (Å²) in [5, 5.41) is 6.21. The highest BCUT2D eigenvalue weighted by atomic mass is 35.5. The van der Waals surface area contributed by atoms with Gasteiger partial charge in [-0.1, -0.05) is 52.5 Å². The fourth-order valence-corrected chi connectivity index (χ4v) is 2.71. The van der Waals surface area contributed by atoms with E-state index in [0.717, 1.165) is 0 Å². The Hall–Kier alpha value is -1.99. The van der Waals surface area contributed by atoms with Crippen LogP contribution >= 0.6 is 46.4 Å². The molecule has 0 atom stereocenters. The van der Waals surface area contributed by atoms with E-state index in [-0.39, 0.29) is 17.9 Å².